The molecule has 196 valence electrons. The molecule has 38 heavy (non-hydrogen) atoms. The molecule has 3 aromatic heterocycles. The van der Waals surface area contributed by atoms with E-state index in [1.165, 1.54) is 0 Å². The average Bonchev–Trinajstić information content (AvgIpc) is 3.40. The van der Waals surface area contributed by atoms with E-state index in [1.807, 2.05) is 53.0 Å². The van der Waals surface area contributed by atoms with E-state index < -0.39 is 5.60 Å². The number of rotatable bonds is 4. The maximum atomic E-state index is 13.1. The summed E-state index contributed by atoms with van der Waals surface area (Å²) in [5.41, 5.74) is 5.47. The summed E-state index contributed by atoms with van der Waals surface area (Å²) < 4.78 is 2.83. The number of carbonyl (C=O) groups is 1. The average molecular weight is 576 g/mol. The number of hydrogen-bond donors (Lipinski definition) is 2. The molecule has 8 nitrogen and oxygen atoms in total. The van der Waals surface area contributed by atoms with Crippen LogP contribution < -0.4 is 5.32 Å². The molecule has 5 heterocycles. The quantitative estimate of drug-likeness (QED) is 0.376. The van der Waals surface area contributed by atoms with E-state index in [2.05, 4.69) is 44.5 Å². The Kier molecular flexibility index (Phi) is 6.75. The number of aromatic nitrogens is 4. The Labute approximate surface area is 230 Å². The number of piperidine rings is 2. The second kappa shape index (κ2) is 10.2. The Morgan fingerprint density at radius 3 is 2.47 bits per heavy atom. The molecule has 2 aliphatic rings. The van der Waals surface area contributed by atoms with Crippen molar-refractivity contribution in [1.82, 2.24) is 29.8 Å². The molecule has 0 spiro atoms. The lowest BCUT2D eigenvalue weighted by Gasteiger charge is -2.39. The molecule has 6 rings (SSSR count). The van der Waals surface area contributed by atoms with Gasteiger partial charge in [0.25, 0.3) is 5.91 Å². The monoisotopic (exact) mass is 574 g/mol. The molecular weight excluding hydrogens is 544 g/mol. The number of nitrogens with one attached hydrogen (secondary N) is 1. The van der Waals surface area contributed by atoms with Gasteiger partial charge in [0.15, 0.2) is 5.65 Å². The summed E-state index contributed by atoms with van der Waals surface area (Å²) >= 11 is 3.79. The van der Waals surface area contributed by atoms with Crippen molar-refractivity contribution >= 4 is 27.5 Å². The molecule has 1 aromatic carbocycles. The summed E-state index contributed by atoms with van der Waals surface area (Å²) in [7, 11) is 0. The van der Waals surface area contributed by atoms with Gasteiger partial charge in [0.05, 0.1) is 27.8 Å². The SMILES string of the molecule is Cc1c(Br)c(C2CCN(C(=O)C3(O)CCNCC3)CC2)nc2c(-c3ccc(-c4ccccc4)nc3)cnn12. The summed E-state index contributed by atoms with van der Waals surface area (Å²) in [4.78, 5) is 24.8. The highest BCUT2D eigenvalue weighted by molar-refractivity contribution is 9.10. The number of halogens is 1. The number of pyridine rings is 1. The molecule has 2 aliphatic heterocycles. The van der Waals surface area contributed by atoms with Gasteiger partial charge in [-0.05, 0) is 67.7 Å². The normalized spacial score (nSPS) is 18.1. The predicted octanol–water partition coefficient (Wildman–Crippen LogP) is 4.35. The van der Waals surface area contributed by atoms with Gasteiger partial charge >= 0.3 is 0 Å². The number of benzene rings is 1. The molecule has 0 unspecified atom stereocenters. The van der Waals surface area contributed by atoms with E-state index in [1.54, 1.807) is 0 Å². The molecule has 0 bridgehead atoms. The minimum absolute atomic E-state index is 0.124. The molecule has 0 saturated carbocycles. The van der Waals surface area contributed by atoms with Gasteiger partial charge in [0, 0.05) is 41.9 Å². The van der Waals surface area contributed by atoms with Crippen LogP contribution in [0.2, 0.25) is 0 Å². The Bertz CT molecular complexity index is 1460. The van der Waals surface area contributed by atoms with Crippen molar-refractivity contribution in [2.45, 2.75) is 44.1 Å². The second-order valence-corrected chi connectivity index (χ2v) is 11.1. The van der Waals surface area contributed by atoms with Gasteiger partial charge in [0.1, 0.15) is 5.60 Å². The number of amides is 1. The molecule has 1 amide bonds. The second-order valence-electron chi connectivity index (χ2n) is 10.3. The molecule has 0 atom stereocenters. The standard InChI is InChI=1S/C29H31BrN6O2/c1-19-25(30)26(21-9-15-35(16-10-21)28(37)29(38)11-13-31-14-12-29)34-27-23(18-33-36(19)27)22-7-8-24(32-17-22)20-5-3-2-4-6-20/h2-8,17-18,21,31,38H,9-16H2,1H3. The molecule has 0 radical (unpaired) electrons. The largest absolute Gasteiger partial charge is 0.380 e. The molecular formula is C29H31BrN6O2. The third kappa shape index (κ3) is 4.52. The van der Waals surface area contributed by atoms with E-state index >= 15 is 0 Å². The van der Waals surface area contributed by atoms with Crippen LogP contribution in [0.25, 0.3) is 28.0 Å². The first kappa shape index (κ1) is 25.2. The minimum Gasteiger partial charge on any atom is -0.380 e. The van der Waals surface area contributed by atoms with Crippen LogP contribution in [0.4, 0.5) is 0 Å². The summed E-state index contributed by atoms with van der Waals surface area (Å²) in [6, 6.07) is 14.2. The highest BCUT2D eigenvalue weighted by atomic mass is 79.9. The number of carbonyl (C=O) groups excluding carboxylic acids is 1. The molecule has 2 saturated heterocycles. The fourth-order valence-corrected chi connectivity index (χ4v) is 6.23. The number of aryl methyl sites for hydroxylation is 1. The van der Waals surface area contributed by atoms with Gasteiger partial charge in [-0.25, -0.2) is 9.50 Å². The number of fused-ring (bicyclic) bond motifs is 1. The Hall–Kier alpha value is -3.14. The van der Waals surface area contributed by atoms with Crippen LogP contribution in [0.15, 0.2) is 59.3 Å². The first-order valence-electron chi connectivity index (χ1n) is 13.2. The number of hydrogen-bond acceptors (Lipinski definition) is 6. The first-order chi connectivity index (χ1) is 18.4. The van der Waals surface area contributed by atoms with Gasteiger partial charge in [-0.1, -0.05) is 36.4 Å². The van der Waals surface area contributed by atoms with Crippen molar-refractivity contribution in [1.29, 1.82) is 0 Å². The molecule has 4 aromatic rings. The summed E-state index contributed by atoms with van der Waals surface area (Å²) in [6.45, 7) is 4.63. The van der Waals surface area contributed by atoms with Crippen LogP contribution in [0.3, 0.4) is 0 Å². The highest BCUT2D eigenvalue weighted by Gasteiger charge is 2.41. The molecule has 0 aliphatic carbocycles. The smallest absolute Gasteiger partial charge is 0.254 e. The fourth-order valence-electron chi connectivity index (χ4n) is 5.65. The van der Waals surface area contributed by atoms with Crippen molar-refractivity contribution in [2.24, 2.45) is 0 Å². The summed E-state index contributed by atoms with van der Waals surface area (Å²) in [6.07, 6.45) is 6.29. The third-order valence-corrected chi connectivity index (χ3v) is 8.95. The van der Waals surface area contributed by atoms with Gasteiger partial charge in [-0.3, -0.25) is 9.78 Å². The topological polar surface area (TPSA) is 95.7 Å². The van der Waals surface area contributed by atoms with Crippen molar-refractivity contribution in [3.8, 4) is 22.4 Å². The Balaban J connectivity index is 1.25. The molecule has 9 heteroatoms. The van der Waals surface area contributed by atoms with Crippen LogP contribution in [-0.4, -0.2) is 67.3 Å². The number of aliphatic hydroxyl groups is 1. The molecule has 2 N–H and O–H groups in total. The summed E-state index contributed by atoms with van der Waals surface area (Å²) in [5.74, 6) is 0.0850. The summed E-state index contributed by atoms with van der Waals surface area (Å²) in [5, 5.41) is 18.8. The van der Waals surface area contributed by atoms with Crippen molar-refractivity contribution < 1.29 is 9.90 Å². The predicted molar refractivity (Wildman–Crippen MR) is 150 cm³/mol. The van der Waals surface area contributed by atoms with Crippen LogP contribution >= 0.6 is 15.9 Å². The Morgan fingerprint density at radius 2 is 1.79 bits per heavy atom. The van der Waals surface area contributed by atoms with Crippen LogP contribution in [0, 0.1) is 6.92 Å². The first-order valence-corrected chi connectivity index (χ1v) is 14.0. The van der Waals surface area contributed by atoms with E-state index in [0.29, 0.717) is 39.0 Å². The fraction of sp³-hybridized carbons (Fsp3) is 0.379. The van der Waals surface area contributed by atoms with Gasteiger partial charge in [0.2, 0.25) is 0 Å². The van der Waals surface area contributed by atoms with Crippen LogP contribution in [0.1, 0.15) is 43.0 Å². The van der Waals surface area contributed by atoms with Gasteiger partial charge in [-0.15, -0.1) is 0 Å². The lowest BCUT2D eigenvalue weighted by Crippen LogP contribution is -2.55. The maximum Gasteiger partial charge on any atom is 0.254 e. The van der Waals surface area contributed by atoms with E-state index in [-0.39, 0.29) is 11.8 Å². The van der Waals surface area contributed by atoms with Crippen LogP contribution in [-0.2, 0) is 4.79 Å². The third-order valence-electron chi connectivity index (χ3n) is 7.97. The van der Waals surface area contributed by atoms with E-state index in [9.17, 15) is 9.90 Å². The van der Waals surface area contributed by atoms with Gasteiger partial charge < -0.3 is 15.3 Å². The maximum absolute atomic E-state index is 13.1. The molecule has 2 fully saturated rings. The lowest BCUT2D eigenvalue weighted by atomic mass is 9.88. The van der Waals surface area contributed by atoms with Crippen LogP contribution in [0.5, 0.6) is 0 Å². The lowest BCUT2D eigenvalue weighted by molar-refractivity contribution is -0.155. The number of likely N-dealkylation sites (tertiary alicyclic amines) is 1. The number of nitrogens with zero attached hydrogens (tertiary/aromatic N) is 5. The van der Waals surface area contributed by atoms with Crippen molar-refractivity contribution in [2.75, 3.05) is 26.2 Å². The van der Waals surface area contributed by atoms with Crippen molar-refractivity contribution in [3.63, 3.8) is 0 Å². The Morgan fingerprint density at radius 1 is 1.05 bits per heavy atom. The minimum atomic E-state index is -1.23. The zero-order valence-electron chi connectivity index (χ0n) is 21.4. The van der Waals surface area contributed by atoms with Gasteiger partial charge in [-0.2, -0.15) is 5.10 Å². The van der Waals surface area contributed by atoms with E-state index in [4.69, 9.17) is 9.97 Å². The zero-order valence-corrected chi connectivity index (χ0v) is 23.0. The van der Waals surface area contributed by atoms with Crippen molar-refractivity contribution in [3.05, 3.63) is 70.7 Å². The highest BCUT2D eigenvalue weighted by Crippen LogP contribution is 2.36. The zero-order chi connectivity index (χ0) is 26.3. The van der Waals surface area contributed by atoms with E-state index in [0.717, 1.165) is 56.7 Å².